The molecule has 1 aliphatic heterocycles. The Bertz CT molecular complexity index is 417. The van der Waals surface area contributed by atoms with Crippen molar-refractivity contribution in [3.8, 4) is 0 Å². The zero-order valence-electron chi connectivity index (χ0n) is 11.8. The Balaban J connectivity index is 1.53. The van der Waals surface area contributed by atoms with Gasteiger partial charge in [-0.05, 0) is 30.5 Å². The van der Waals surface area contributed by atoms with E-state index in [-0.39, 0.29) is 0 Å². The minimum absolute atomic E-state index is 0.364. The fraction of sp³-hybridized carbons (Fsp3) is 0.625. The summed E-state index contributed by atoms with van der Waals surface area (Å²) in [6.07, 6.45) is 2.78. The van der Waals surface area contributed by atoms with Gasteiger partial charge in [-0.3, -0.25) is 4.90 Å². The van der Waals surface area contributed by atoms with Gasteiger partial charge < -0.3 is 10.1 Å². The summed E-state index contributed by atoms with van der Waals surface area (Å²) in [6.45, 7) is 7.19. The fourth-order valence-corrected chi connectivity index (χ4v) is 2.97. The average molecular weight is 260 g/mol. The van der Waals surface area contributed by atoms with Crippen molar-refractivity contribution in [2.45, 2.75) is 38.5 Å². The summed E-state index contributed by atoms with van der Waals surface area (Å²) >= 11 is 0. The first kappa shape index (κ1) is 13.1. The van der Waals surface area contributed by atoms with E-state index < -0.39 is 0 Å². The number of nitrogens with zero attached hydrogens (tertiary/aromatic N) is 1. The molecule has 1 aromatic rings. The lowest BCUT2D eigenvalue weighted by molar-refractivity contribution is 0.0811. The third kappa shape index (κ3) is 3.16. The predicted octanol–water partition coefficient (Wildman–Crippen LogP) is 2.33. The maximum absolute atomic E-state index is 5.68. The Morgan fingerprint density at radius 2 is 2.16 bits per heavy atom. The molecular formula is C16H24N2O. The average Bonchev–Trinajstić information content (AvgIpc) is 3.28. The van der Waals surface area contributed by atoms with Gasteiger partial charge in [0.2, 0.25) is 0 Å². The number of hydrogen-bond acceptors (Lipinski definition) is 3. The number of ether oxygens (including phenoxy) is 1. The first-order valence-electron chi connectivity index (χ1n) is 7.51. The monoisotopic (exact) mass is 260 g/mol. The molecule has 0 saturated heterocycles. The molecule has 1 fully saturated rings. The second-order valence-electron chi connectivity index (χ2n) is 5.58. The second-order valence-corrected chi connectivity index (χ2v) is 5.58. The lowest BCUT2D eigenvalue weighted by atomic mass is 9.99. The van der Waals surface area contributed by atoms with Crippen molar-refractivity contribution in [3.05, 3.63) is 35.4 Å². The molecule has 1 saturated carbocycles. The van der Waals surface area contributed by atoms with Crippen LogP contribution in [0.25, 0.3) is 0 Å². The smallest absolute Gasteiger partial charge is 0.0721 e. The van der Waals surface area contributed by atoms with Crippen LogP contribution in [0.2, 0.25) is 0 Å². The van der Waals surface area contributed by atoms with Crippen LogP contribution in [-0.2, 0) is 11.3 Å². The summed E-state index contributed by atoms with van der Waals surface area (Å²) in [5.41, 5.74) is 2.75. The molecule has 3 heteroatoms. The molecule has 3 rings (SSSR count). The van der Waals surface area contributed by atoms with Gasteiger partial charge in [-0.15, -0.1) is 0 Å². The van der Waals surface area contributed by atoms with Gasteiger partial charge in [0.15, 0.2) is 0 Å². The SMILES string of the molecule is CCN(CCNC1COCc2ccccc21)C1CC1. The minimum atomic E-state index is 0.364. The van der Waals surface area contributed by atoms with E-state index in [2.05, 4.69) is 41.4 Å². The third-order valence-corrected chi connectivity index (χ3v) is 4.23. The summed E-state index contributed by atoms with van der Waals surface area (Å²) in [6, 6.07) is 9.85. The van der Waals surface area contributed by atoms with Gasteiger partial charge in [0.05, 0.1) is 19.3 Å². The van der Waals surface area contributed by atoms with Crippen molar-refractivity contribution in [2.75, 3.05) is 26.2 Å². The molecule has 0 amide bonds. The Hall–Kier alpha value is -0.900. The van der Waals surface area contributed by atoms with Crippen LogP contribution in [0, 0.1) is 0 Å². The topological polar surface area (TPSA) is 24.5 Å². The Morgan fingerprint density at radius 1 is 1.32 bits per heavy atom. The largest absolute Gasteiger partial charge is 0.375 e. The van der Waals surface area contributed by atoms with Gasteiger partial charge in [-0.1, -0.05) is 31.2 Å². The predicted molar refractivity (Wildman–Crippen MR) is 77.1 cm³/mol. The lowest BCUT2D eigenvalue weighted by Gasteiger charge is -2.28. The van der Waals surface area contributed by atoms with Crippen LogP contribution in [0.3, 0.4) is 0 Å². The molecule has 1 atom stereocenters. The minimum Gasteiger partial charge on any atom is -0.375 e. The zero-order valence-corrected chi connectivity index (χ0v) is 11.8. The number of nitrogens with one attached hydrogen (secondary N) is 1. The number of likely N-dealkylation sites (N-methyl/N-ethyl adjacent to an activating group) is 1. The summed E-state index contributed by atoms with van der Waals surface area (Å²) < 4.78 is 5.68. The molecule has 0 spiro atoms. The van der Waals surface area contributed by atoms with Crippen LogP contribution in [0.5, 0.6) is 0 Å². The molecule has 3 nitrogen and oxygen atoms in total. The van der Waals surface area contributed by atoms with Crippen LogP contribution >= 0.6 is 0 Å². The summed E-state index contributed by atoms with van der Waals surface area (Å²) in [5.74, 6) is 0. The van der Waals surface area contributed by atoms with Gasteiger partial charge in [-0.25, -0.2) is 0 Å². The molecule has 0 aromatic heterocycles. The summed E-state index contributed by atoms with van der Waals surface area (Å²) in [7, 11) is 0. The second kappa shape index (κ2) is 6.04. The molecule has 0 radical (unpaired) electrons. The first-order chi connectivity index (χ1) is 9.38. The molecule has 1 unspecified atom stereocenters. The van der Waals surface area contributed by atoms with Crippen LogP contribution in [0.4, 0.5) is 0 Å². The fourth-order valence-electron chi connectivity index (χ4n) is 2.97. The molecule has 2 aliphatic rings. The van der Waals surface area contributed by atoms with E-state index in [1.165, 1.54) is 30.5 Å². The quantitative estimate of drug-likeness (QED) is 0.849. The molecule has 0 bridgehead atoms. The van der Waals surface area contributed by atoms with Gasteiger partial charge in [0.1, 0.15) is 0 Å². The van der Waals surface area contributed by atoms with Gasteiger partial charge in [0.25, 0.3) is 0 Å². The summed E-state index contributed by atoms with van der Waals surface area (Å²) in [5, 5.41) is 3.66. The highest BCUT2D eigenvalue weighted by atomic mass is 16.5. The molecule has 1 aliphatic carbocycles. The Kier molecular flexibility index (Phi) is 4.16. The van der Waals surface area contributed by atoms with E-state index in [1.807, 2.05) is 0 Å². The van der Waals surface area contributed by atoms with Crippen molar-refractivity contribution in [1.29, 1.82) is 0 Å². The maximum Gasteiger partial charge on any atom is 0.0721 e. The number of rotatable bonds is 6. The van der Waals surface area contributed by atoms with Crippen molar-refractivity contribution in [2.24, 2.45) is 0 Å². The molecule has 19 heavy (non-hydrogen) atoms. The molecule has 1 N–H and O–H groups in total. The van der Waals surface area contributed by atoms with Crippen LogP contribution in [0.15, 0.2) is 24.3 Å². The van der Waals surface area contributed by atoms with E-state index >= 15 is 0 Å². The first-order valence-corrected chi connectivity index (χ1v) is 7.51. The van der Waals surface area contributed by atoms with Gasteiger partial charge >= 0.3 is 0 Å². The van der Waals surface area contributed by atoms with Crippen LogP contribution in [0.1, 0.15) is 36.9 Å². The molecule has 1 aromatic carbocycles. The number of benzene rings is 1. The van der Waals surface area contributed by atoms with E-state index in [9.17, 15) is 0 Å². The van der Waals surface area contributed by atoms with Gasteiger partial charge in [0, 0.05) is 19.1 Å². The highest BCUT2D eigenvalue weighted by molar-refractivity contribution is 5.31. The van der Waals surface area contributed by atoms with Crippen molar-refractivity contribution in [1.82, 2.24) is 10.2 Å². The standard InChI is InChI=1S/C16H24N2O/c1-2-18(14-7-8-14)10-9-17-16-12-19-11-13-5-3-4-6-15(13)16/h3-6,14,16-17H,2,7-12H2,1H3. The zero-order chi connectivity index (χ0) is 13.1. The highest BCUT2D eigenvalue weighted by Crippen LogP contribution is 2.26. The van der Waals surface area contributed by atoms with Crippen LogP contribution in [-0.4, -0.2) is 37.2 Å². The highest BCUT2D eigenvalue weighted by Gasteiger charge is 2.27. The van der Waals surface area contributed by atoms with Crippen molar-refractivity contribution < 1.29 is 4.74 Å². The van der Waals surface area contributed by atoms with E-state index in [4.69, 9.17) is 4.74 Å². The lowest BCUT2D eigenvalue weighted by Crippen LogP contribution is -2.37. The van der Waals surface area contributed by atoms with Gasteiger partial charge in [-0.2, -0.15) is 0 Å². The Labute approximate surface area is 115 Å². The van der Waals surface area contributed by atoms with E-state index in [0.717, 1.165) is 32.3 Å². The van der Waals surface area contributed by atoms with Crippen molar-refractivity contribution in [3.63, 3.8) is 0 Å². The maximum atomic E-state index is 5.68. The normalized spacial score (nSPS) is 22.5. The third-order valence-electron chi connectivity index (χ3n) is 4.23. The number of fused-ring (bicyclic) bond motifs is 1. The summed E-state index contributed by atoms with van der Waals surface area (Å²) in [4.78, 5) is 2.59. The Morgan fingerprint density at radius 3 is 2.95 bits per heavy atom. The van der Waals surface area contributed by atoms with E-state index in [0.29, 0.717) is 6.04 Å². The number of hydrogen-bond donors (Lipinski definition) is 1. The molecule has 1 heterocycles. The van der Waals surface area contributed by atoms with E-state index in [1.54, 1.807) is 0 Å². The van der Waals surface area contributed by atoms with Crippen LogP contribution < -0.4 is 5.32 Å². The van der Waals surface area contributed by atoms with Crippen molar-refractivity contribution >= 4 is 0 Å². The molecular weight excluding hydrogens is 236 g/mol. The molecule has 104 valence electrons.